The number of benzene rings is 1. The summed E-state index contributed by atoms with van der Waals surface area (Å²) in [4.78, 5) is 22.2. The van der Waals surface area contributed by atoms with Crippen LogP contribution in [0.5, 0.6) is 5.75 Å². The molecule has 0 aliphatic rings. The molecule has 0 bridgehead atoms. The third kappa shape index (κ3) is 2.95. The zero-order valence-electron chi connectivity index (χ0n) is 9.06. The van der Waals surface area contributed by atoms with Crippen LogP contribution in [0.2, 0.25) is 0 Å². The second kappa shape index (κ2) is 5.11. The Balaban J connectivity index is 3.00. The highest BCUT2D eigenvalue weighted by molar-refractivity contribution is 6.10. The average Bonchev–Trinajstić information content (AvgIpc) is 2.27. The van der Waals surface area contributed by atoms with E-state index in [0.717, 1.165) is 6.08 Å². The van der Waals surface area contributed by atoms with Crippen molar-refractivity contribution >= 4 is 11.8 Å². The van der Waals surface area contributed by atoms with Gasteiger partial charge in [-0.25, -0.2) is 4.79 Å². The topological polar surface area (TPSA) is 63.6 Å². The van der Waals surface area contributed by atoms with Crippen LogP contribution < -0.4 is 4.74 Å². The number of ether oxygens (including phenoxy) is 1. The van der Waals surface area contributed by atoms with Crippen molar-refractivity contribution in [2.75, 3.05) is 7.11 Å². The number of rotatable bonds is 4. The Bertz CT molecular complexity index is 446. The molecule has 0 heterocycles. The first kappa shape index (κ1) is 12.0. The minimum Gasteiger partial charge on any atom is -0.497 e. The van der Waals surface area contributed by atoms with Gasteiger partial charge in [-0.1, -0.05) is 12.1 Å². The molecule has 16 heavy (non-hydrogen) atoms. The Labute approximate surface area is 93.2 Å². The van der Waals surface area contributed by atoms with E-state index in [1.807, 2.05) is 0 Å². The Morgan fingerprint density at radius 3 is 2.62 bits per heavy atom. The molecule has 0 saturated heterocycles. The molecule has 0 aromatic heterocycles. The number of hydrogen-bond acceptors (Lipinski definition) is 3. The number of carboxylic acid groups (broad SMARTS) is 1. The molecule has 84 valence electrons. The van der Waals surface area contributed by atoms with Gasteiger partial charge in [-0.15, -0.1) is 0 Å². The van der Waals surface area contributed by atoms with Crippen molar-refractivity contribution in [3.05, 3.63) is 41.5 Å². The zero-order valence-corrected chi connectivity index (χ0v) is 9.06. The number of methoxy groups -OCH3 is 1. The van der Waals surface area contributed by atoms with Gasteiger partial charge in [-0.2, -0.15) is 0 Å². The van der Waals surface area contributed by atoms with Crippen molar-refractivity contribution in [3.63, 3.8) is 0 Å². The lowest BCUT2D eigenvalue weighted by Crippen LogP contribution is -2.03. The van der Waals surface area contributed by atoms with Gasteiger partial charge in [-0.3, -0.25) is 4.79 Å². The number of carbonyl (C=O) groups is 2. The van der Waals surface area contributed by atoms with Crippen LogP contribution in [0.25, 0.3) is 0 Å². The van der Waals surface area contributed by atoms with Gasteiger partial charge in [0.1, 0.15) is 5.75 Å². The lowest BCUT2D eigenvalue weighted by Gasteiger charge is -2.03. The van der Waals surface area contributed by atoms with Crippen LogP contribution in [-0.4, -0.2) is 24.0 Å². The summed E-state index contributed by atoms with van der Waals surface area (Å²) in [6.07, 6.45) is 0.891. The highest BCUT2D eigenvalue weighted by atomic mass is 16.5. The number of aliphatic carboxylic acids is 1. The van der Waals surface area contributed by atoms with Crippen molar-refractivity contribution in [1.29, 1.82) is 0 Å². The van der Waals surface area contributed by atoms with Crippen molar-refractivity contribution in [1.82, 2.24) is 0 Å². The molecule has 0 aliphatic carbocycles. The molecule has 0 spiro atoms. The van der Waals surface area contributed by atoms with E-state index in [-0.39, 0.29) is 11.4 Å². The zero-order chi connectivity index (χ0) is 12.1. The first-order valence-corrected chi connectivity index (χ1v) is 4.64. The number of ketones is 1. The maximum atomic E-state index is 11.8. The summed E-state index contributed by atoms with van der Waals surface area (Å²) in [5.41, 5.74) is 0.593. The van der Waals surface area contributed by atoms with Gasteiger partial charge in [0.15, 0.2) is 5.78 Å². The lowest BCUT2D eigenvalue weighted by molar-refractivity contribution is -0.131. The third-order valence-corrected chi connectivity index (χ3v) is 2.03. The van der Waals surface area contributed by atoms with Crippen LogP contribution in [0.1, 0.15) is 17.3 Å². The maximum Gasteiger partial charge on any atom is 0.328 e. The van der Waals surface area contributed by atoms with Crippen molar-refractivity contribution in [2.24, 2.45) is 0 Å². The molecule has 0 unspecified atom stereocenters. The van der Waals surface area contributed by atoms with E-state index < -0.39 is 5.97 Å². The summed E-state index contributed by atoms with van der Waals surface area (Å²) in [5.74, 6) is -0.885. The van der Waals surface area contributed by atoms with Crippen molar-refractivity contribution < 1.29 is 19.4 Å². The van der Waals surface area contributed by atoms with E-state index in [4.69, 9.17) is 9.84 Å². The van der Waals surface area contributed by atoms with E-state index in [0.29, 0.717) is 11.3 Å². The molecule has 1 rings (SSSR count). The Kier molecular flexibility index (Phi) is 3.83. The second-order valence-corrected chi connectivity index (χ2v) is 3.23. The summed E-state index contributed by atoms with van der Waals surface area (Å²) in [7, 11) is 1.50. The molecule has 0 atom stereocenters. The molecule has 0 aliphatic heterocycles. The normalized spacial score (nSPS) is 11.0. The second-order valence-electron chi connectivity index (χ2n) is 3.23. The van der Waals surface area contributed by atoms with E-state index in [9.17, 15) is 9.59 Å². The fourth-order valence-electron chi connectivity index (χ4n) is 1.24. The quantitative estimate of drug-likeness (QED) is 0.621. The fraction of sp³-hybridized carbons (Fsp3) is 0.167. The van der Waals surface area contributed by atoms with Crippen LogP contribution in [0, 0.1) is 0 Å². The largest absolute Gasteiger partial charge is 0.497 e. The Hall–Kier alpha value is -2.10. The van der Waals surface area contributed by atoms with Gasteiger partial charge in [-0.05, 0) is 19.1 Å². The van der Waals surface area contributed by atoms with Gasteiger partial charge in [0.25, 0.3) is 0 Å². The Morgan fingerprint density at radius 2 is 2.06 bits per heavy atom. The molecule has 1 aromatic carbocycles. The van der Waals surface area contributed by atoms with Gasteiger partial charge in [0.05, 0.1) is 7.11 Å². The van der Waals surface area contributed by atoms with Crippen LogP contribution in [0.4, 0.5) is 0 Å². The minimum atomic E-state index is -1.13. The van der Waals surface area contributed by atoms with Gasteiger partial charge in [0.2, 0.25) is 0 Å². The molecule has 4 heteroatoms. The first-order chi connectivity index (χ1) is 7.54. The number of allylic oxidation sites excluding steroid dienone is 1. The van der Waals surface area contributed by atoms with Crippen molar-refractivity contribution in [3.8, 4) is 5.75 Å². The van der Waals surface area contributed by atoms with E-state index >= 15 is 0 Å². The summed E-state index contributed by atoms with van der Waals surface area (Å²) >= 11 is 0. The summed E-state index contributed by atoms with van der Waals surface area (Å²) in [6.45, 7) is 1.47. The molecule has 0 amide bonds. The van der Waals surface area contributed by atoms with Crippen molar-refractivity contribution in [2.45, 2.75) is 6.92 Å². The van der Waals surface area contributed by atoms with E-state index in [2.05, 4.69) is 0 Å². The number of hydrogen-bond donors (Lipinski definition) is 1. The molecular formula is C12H12O4. The van der Waals surface area contributed by atoms with Crippen LogP contribution in [0.15, 0.2) is 35.9 Å². The number of carbonyl (C=O) groups excluding carboxylic acids is 1. The van der Waals surface area contributed by atoms with Gasteiger partial charge >= 0.3 is 5.97 Å². The molecule has 0 radical (unpaired) electrons. The third-order valence-electron chi connectivity index (χ3n) is 2.03. The van der Waals surface area contributed by atoms with E-state index in [1.54, 1.807) is 24.3 Å². The Morgan fingerprint density at radius 1 is 1.38 bits per heavy atom. The lowest BCUT2D eigenvalue weighted by atomic mass is 10.0. The molecule has 0 fully saturated rings. The van der Waals surface area contributed by atoms with Crippen LogP contribution in [0.3, 0.4) is 0 Å². The standard InChI is InChI=1S/C12H12O4/c1-8(6-11(13)14)12(15)9-4-3-5-10(7-9)16-2/h3-7H,1-2H3,(H,13,14). The highest BCUT2D eigenvalue weighted by Gasteiger charge is 2.09. The van der Waals surface area contributed by atoms with Gasteiger partial charge < -0.3 is 9.84 Å². The molecule has 4 nitrogen and oxygen atoms in total. The first-order valence-electron chi connectivity index (χ1n) is 4.64. The average molecular weight is 220 g/mol. The minimum absolute atomic E-state index is 0.181. The van der Waals surface area contributed by atoms with Crippen LogP contribution >= 0.6 is 0 Å². The van der Waals surface area contributed by atoms with Gasteiger partial charge in [0, 0.05) is 17.2 Å². The number of Topliss-reactive ketones (excluding diaryl/α,β-unsaturated/α-hetero) is 1. The summed E-state index contributed by atoms with van der Waals surface area (Å²) in [5, 5.41) is 8.53. The maximum absolute atomic E-state index is 11.8. The van der Waals surface area contributed by atoms with E-state index in [1.165, 1.54) is 14.0 Å². The monoisotopic (exact) mass is 220 g/mol. The fourth-order valence-corrected chi connectivity index (χ4v) is 1.24. The predicted octanol–water partition coefficient (Wildman–Crippen LogP) is 1.91. The molecule has 0 saturated carbocycles. The van der Waals surface area contributed by atoms with Crippen LogP contribution in [-0.2, 0) is 4.79 Å². The summed E-state index contributed by atoms with van der Waals surface area (Å²) < 4.78 is 4.98. The molecular weight excluding hydrogens is 208 g/mol. The molecule has 1 aromatic rings. The summed E-state index contributed by atoms with van der Waals surface area (Å²) in [6, 6.07) is 6.58. The predicted molar refractivity (Wildman–Crippen MR) is 58.7 cm³/mol. The smallest absolute Gasteiger partial charge is 0.328 e. The number of carboxylic acids is 1. The SMILES string of the molecule is COc1cccc(C(=O)C(C)=CC(=O)O)c1. The molecule has 1 N–H and O–H groups in total. The highest BCUT2D eigenvalue weighted by Crippen LogP contribution is 2.15.